The topological polar surface area (TPSA) is 79.8 Å². The van der Waals surface area contributed by atoms with Crippen LogP contribution in [0.5, 0.6) is 5.75 Å². The standard InChI is InChI=1S/C18H16Br2FN3O3/c1-11(8-17(25)22-14-5-3-13(21)4-6-14)23-24-18(26)10-27-16-7-2-12(19)9-15(16)20/h2-7,9H,8,10H2,1H3,(H,22,25)(H,24,26)/b23-11+. The van der Waals surface area contributed by atoms with Gasteiger partial charge in [0, 0.05) is 15.9 Å². The van der Waals surface area contributed by atoms with Crippen LogP contribution in [-0.2, 0) is 9.59 Å². The molecule has 0 atom stereocenters. The Morgan fingerprint density at radius 3 is 2.48 bits per heavy atom. The molecule has 0 aliphatic carbocycles. The molecule has 6 nitrogen and oxygen atoms in total. The van der Waals surface area contributed by atoms with E-state index in [1.165, 1.54) is 24.3 Å². The summed E-state index contributed by atoms with van der Waals surface area (Å²) in [5.41, 5.74) is 3.22. The van der Waals surface area contributed by atoms with Crippen molar-refractivity contribution in [1.82, 2.24) is 5.43 Å². The maximum Gasteiger partial charge on any atom is 0.277 e. The number of hydrogen-bond acceptors (Lipinski definition) is 4. The van der Waals surface area contributed by atoms with Crippen LogP contribution in [0.2, 0.25) is 0 Å². The van der Waals surface area contributed by atoms with Gasteiger partial charge in [-0.25, -0.2) is 9.82 Å². The molecule has 0 aromatic heterocycles. The van der Waals surface area contributed by atoms with E-state index >= 15 is 0 Å². The summed E-state index contributed by atoms with van der Waals surface area (Å²) < 4.78 is 19.8. The van der Waals surface area contributed by atoms with Gasteiger partial charge in [-0.05, 0) is 65.3 Å². The number of anilines is 1. The van der Waals surface area contributed by atoms with E-state index < -0.39 is 5.91 Å². The summed E-state index contributed by atoms with van der Waals surface area (Å²) in [5.74, 6) is -0.645. The zero-order chi connectivity index (χ0) is 19.8. The first-order chi connectivity index (χ1) is 12.8. The molecule has 0 unspecified atom stereocenters. The Kier molecular flexibility index (Phi) is 7.93. The number of amides is 2. The highest BCUT2D eigenvalue weighted by Gasteiger charge is 2.08. The van der Waals surface area contributed by atoms with Crippen molar-refractivity contribution in [2.75, 3.05) is 11.9 Å². The van der Waals surface area contributed by atoms with Crippen LogP contribution >= 0.6 is 31.9 Å². The average Bonchev–Trinajstić information content (AvgIpc) is 2.61. The van der Waals surface area contributed by atoms with Crippen LogP contribution < -0.4 is 15.5 Å². The van der Waals surface area contributed by atoms with Crippen LogP contribution in [0.15, 0.2) is 56.5 Å². The number of nitrogens with one attached hydrogen (secondary N) is 2. The number of benzene rings is 2. The number of hydrazone groups is 1. The predicted octanol–water partition coefficient (Wildman–Crippen LogP) is 4.25. The van der Waals surface area contributed by atoms with E-state index in [-0.39, 0.29) is 24.8 Å². The number of carbonyl (C=O) groups is 2. The maximum atomic E-state index is 12.8. The van der Waals surface area contributed by atoms with Crippen molar-refractivity contribution in [3.8, 4) is 5.75 Å². The molecule has 2 amide bonds. The molecule has 0 spiro atoms. The lowest BCUT2D eigenvalue weighted by Crippen LogP contribution is -2.26. The van der Waals surface area contributed by atoms with Gasteiger partial charge in [0.2, 0.25) is 5.91 Å². The molecule has 0 fully saturated rings. The van der Waals surface area contributed by atoms with E-state index in [0.717, 1.165) is 4.47 Å². The normalized spacial score (nSPS) is 11.0. The third-order valence-electron chi connectivity index (χ3n) is 3.17. The molecule has 0 heterocycles. The first-order valence-electron chi connectivity index (χ1n) is 7.79. The maximum absolute atomic E-state index is 12.8. The van der Waals surface area contributed by atoms with Gasteiger partial charge in [-0.15, -0.1) is 0 Å². The zero-order valence-electron chi connectivity index (χ0n) is 14.3. The summed E-state index contributed by atoms with van der Waals surface area (Å²) in [4.78, 5) is 23.7. The number of halogens is 3. The molecule has 2 aromatic rings. The molecule has 0 radical (unpaired) electrons. The first-order valence-corrected chi connectivity index (χ1v) is 9.37. The molecule has 9 heteroatoms. The van der Waals surface area contributed by atoms with Crippen molar-refractivity contribution < 1.29 is 18.7 Å². The van der Waals surface area contributed by atoms with E-state index in [4.69, 9.17) is 4.74 Å². The van der Waals surface area contributed by atoms with Gasteiger partial charge in [-0.2, -0.15) is 5.10 Å². The van der Waals surface area contributed by atoms with Crippen LogP contribution in [-0.4, -0.2) is 24.1 Å². The minimum absolute atomic E-state index is 0.0171. The van der Waals surface area contributed by atoms with Crippen molar-refractivity contribution in [2.45, 2.75) is 13.3 Å². The van der Waals surface area contributed by atoms with Crippen LogP contribution in [0.1, 0.15) is 13.3 Å². The lowest BCUT2D eigenvalue weighted by Gasteiger charge is -2.08. The highest BCUT2D eigenvalue weighted by Crippen LogP contribution is 2.28. The quantitative estimate of drug-likeness (QED) is 0.440. The second-order valence-electron chi connectivity index (χ2n) is 5.48. The van der Waals surface area contributed by atoms with Crippen molar-refractivity contribution >= 4 is 55.1 Å². The van der Waals surface area contributed by atoms with Crippen LogP contribution in [0.3, 0.4) is 0 Å². The fraction of sp³-hybridized carbons (Fsp3) is 0.167. The highest BCUT2D eigenvalue weighted by atomic mass is 79.9. The Bertz CT molecular complexity index is 857. The Balaban J connectivity index is 1.77. The predicted molar refractivity (Wildman–Crippen MR) is 108 cm³/mol. The Labute approximate surface area is 172 Å². The van der Waals surface area contributed by atoms with E-state index in [1.54, 1.807) is 25.1 Å². The van der Waals surface area contributed by atoms with Crippen LogP contribution in [0.25, 0.3) is 0 Å². The minimum atomic E-state index is -0.455. The molecule has 0 saturated carbocycles. The van der Waals surface area contributed by atoms with E-state index in [9.17, 15) is 14.0 Å². The van der Waals surface area contributed by atoms with Gasteiger partial charge in [0.25, 0.3) is 5.91 Å². The monoisotopic (exact) mass is 499 g/mol. The summed E-state index contributed by atoms with van der Waals surface area (Å²) in [5, 5.41) is 6.48. The number of nitrogens with zero attached hydrogens (tertiary/aromatic N) is 1. The van der Waals surface area contributed by atoms with Gasteiger partial charge in [0.15, 0.2) is 6.61 Å². The second-order valence-corrected chi connectivity index (χ2v) is 7.25. The Morgan fingerprint density at radius 2 is 1.81 bits per heavy atom. The van der Waals surface area contributed by atoms with Crippen molar-refractivity contribution in [1.29, 1.82) is 0 Å². The van der Waals surface area contributed by atoms with Crippen LogP contribution in [0.4, 0.5) is 10.1 Å². The van der Waals surface area contributed by atoms with E-state index in [1.807, 2.05) is 0 Å². The van der Waals surface area contributed by atoms with Crippen molar-refractivity contribution in [3.63, 3.8) is 0 Å². The number of carbonyl (C=O) groups excluding carboxylic acids is 2. The minimum Gasteiger partial charge on any atom is -0.483 e. The van der Waals surface area contributed by atoms with Gasteiger partial charge in [-0.3, -0.25) is 9.59 Å². The van der Waals surface area contributed by atoms with Gasteiger partial charge < -0.3 is 10.1 Å². The Morgan fingerprint density at radius 1 is 1.11 bits per heavy atom. The van der Waals surface area contributed by atoms with Gasteiger partial charge >= 0.3 is 0 Å². The summed E-state index contributed by atoms with van der Waals surface area (Å²) in [6.45, 7) is 1.38. The number of ether oxygens (including phenoxy) is 1. The molecule has 27 heavy (non-hydrogen) atoms. The van der Waals surface area contributed by atoms with E-state index in [2.05, 4.69) is 47.7 Å². The molecule has 142 valence electrons. The van der Waals surface area contributed by atoms with E-state index in [0.29, 0.717) is 21.6 Å². The average molecular weight is 501 g/mol. The molecule has 0 aliphatic rings. The second kappa shape index (κ2) is 10.2. The number of hydrogen-bond donors (Lipinski definition) is 2. The summed E-state index contributed by atoms with van der Waals surface area (Å²) in [6.07, 6.45) is -0.0171. The number of rotatable bonds is 7. The fourth-order valence-corrected chi connectivity index (χ4v) is 3.10. The fourth-order valence-electron chi connectivity index (χ4n) is 1.94. The molecular weight excluding hydrogens is 485 g/mol. The third-order valence-corrected chi connectivity index (χ3v) is 4.28. The molecule has 0 aliphatic heterocycles. The molecule has 0 saturated heterocycles. The smallest absolute Gasteiger partial charge is 0.277 e. The SMILES string of the molecule is C/C(CC(=O)Nc1ccc(F)cc1)=N\NC(=O)COc1ccc(Br)cc1Br. The first kappa shape index (κ1) is 21.0. The van der Waals surface area contributed by atoms with Gasteiger partial charge in [0.05, 0.1) is 10.9 Å². The molecular formula is C18H16Br2FN3O3. The molecule has 0 bridgehead atoms. The summed E-state index contributed by atoms with van der Waals surface area (Å²) in [7, 11) is 0. The Hall–Kier alpha value is -2.26. The van der Waals surface area contributed by atoms with Crippen LogP contribution in [0, 0.1) is 5.82 Å². The lowest BCUT2D eigenvalue weighted by molar-refractivity contribution is -0.123. The largest absolute Gasteiger partial charge is 0.483 e. The highest BCUT2D eigenvalue weighted by molar-refractivity contribution is 9.11. The van der Waals surface area contributed by atoms with Crippen molar-refractivity contribution in [2.24, 2.45) is 5.10 Å². The lowest BCUT2D eigenvalue weighted by atomic mass is 10.2. The third kappa shape index (κ3) is 7.48. The zero-order valence-corrected chi connectivity index (χ0v) is 17.4. The van der Waals surface area contributed by atoms with Gasteiger partial charge in [-0.1, -0.05) is 15.9 Å². The molecule has 2 rings (SSSR count). The summed E-state index contributed by atoms with van der Waals surface area (Å²) in [6, 6.07) is 10.7. The van der Waals surface area contributed by atoms with Gasteiger partial charge in [0.1, 0.15) is 11.6 Å². The molecule has 2 aromatic carbocycles. The molecule has 2 N–H and O–H groups in total. The van der Waals surface area contributed by atoms with Crippen molar-refractivity contribution in [3.05, 3.63) is 57.2 Å². The summed E-state index contributed by atoms with van der Waals surface area (Å²) >= 11 is 6.67.